The van der Waals surface area contributed by atoms with E-state index < -0.39 is 0 Å². The lowest BCUT2D eigenvalue weighted by molar-refractivity contribution is 0.244. The van der Waals surface area contributed by atoms with Crippen LogP contribution in [0.4, 0.5) is 22.0 Å². The van der Waals surface area contributed by atoms with E-state index in [0.29, 0.717) is 11.5 Å². The number of nitrogens with one attached hydrogen (secondary N) is 3. The molecule has 2 aromatic carbocycles. The molecule has 0 spiro atoms. The molecule has 0 atom stereocenters. The Balaban J connectivity index is 1.41. The van der Waals surface area contributed by atoms with Gasteiger partial charge in [0.1, 0.15) is 11.6 Å². The van der Waals surface area contributed by atoms with Gasteiger partial charge in [0.2, 0.25) is 0 Å². The first-order chi connectivity index (χ1) is 14.2. The van der Waals surface area contributed by atoms with Crippen LogP contribution in [0.25, 0.3) is 11.0 Å². The quantitative estimate of drug-likeness (QED) is 0.579. The number of urea groups is 1. The topological polar surface area (TPSA) is 88.2 Å². The summed E-state index contributed by atoms with van der Waals surface area (Å²) >= 11 is 0. The number of hydrogen-bond acceptors (Lipinski definition) is 5. The number of carbonyl (C=O) groups is 1. The molecule has 0 aliphatic heterocycles. The van der Waals surface area contributed by atoms with Crippen molar-refractivity contribution in [3.8, 4) is 5.75 Å². The molecule has 4 rings (SSSR count). The van der Waals surface area contributed by atoms with Gasteiger partial charge >= 0.3 is 6.03 Å². The molecule has 1 heterocycles. The third-order valence-electron chi connectivity index (χ3n) is 5.10. The van der Waals surface area contributed by atoms with E-state index in [4.69, 9.17) is 4.74 Å². The molecule has 7 heteroatoms. The zero-order valence-electron chi connectivity index (χ0n) is 16.4. The third kappa shape index (κ3) is 4.93. The highest BCUT2D eigenvalue weighted by molar-refractivity contribution is 5.92. The van der Waals surface area contributed by atoms with E-state index in [2.05, 4.69) is 25.9 Å². The van der Waals surface area contributed by atoms with E-state index in [9.17, 15) is 4.79 Å². The van der Waals surface area contributed by atoms with E-state index in [1.807, 2.05) is 42.5 Å². The Labute approximate surface area is 169 Å². The minimum Gasteiger partial charge on any atom is -0.497 e. The summed E-state index contributed by atoms with van der Waals surface area (Å²) in [7, 11) is 1.64. The summed E-state index contributed by atoms with van der Waals surface area (Å²) in [6.07, 6.45) is 7.42. The predicted octanol–water partition coefficient (Wildman–Crippen LogP) is 4.84. The normalized spacial score (nSPS) is 14.4. The van der Waals surface area contributed by atoms with Crippen molar-refractivity contribution in [3.63, 3.8) is 0 Å². The van der Waals surface area contributed by atoms with Crippen molar-refractivity contribution < 1.29 is 9.53 Å². The van der Waals surface area contributed by atoms with Crippen LogP contribution in [0.15, 0.2) is 48.7 Å². The maximum atomic E-state index is 12.2. The Morgan fingerprint density at radius 3 is 2.52 bits per heavy atom. The van der Waals surface area contributed by atoms with Crippen molar-refractivity contribution in [2.45, 2.75) is 38.1 Å². The van der Waals surface area contributed by atoms with Crippen LogP contribution in [0, 0.1) is 0 Å². The molecule has 3 N–H and O–H groups in total. The minimum absolute atomic E-state index is 0.165. The van der Waals surface area contributed by atoms with Crippen LogP contribution in [0.3, 0.4) is 0 Å². The van der Waals surface area contributed by atoms with Gasteiger partial charge < -0.3 is 20.7 Å². The molecule has 150 valence electrons. The summed E-state index contributed by atoms with van der Waals surface area (Å²) in [5, 5.41) is 9.19. The Morgan fingerprint density at radius 1 is 1.00 bits per heavy atom. The summed E-state index contributed by atoms with van der Waals surface area (Å²) < 4.78 is 5.17. The zero-order chi connectivity index (χ0) is 20.1. The van der Waals surface area contributed by atoms with Gasteiger partial charge in [-0.15, -0.1) is 0 Å². The van der Waals surface area contributed by atoms with Crippen LogP contribution < -0.4 is 20.7 Å². The molecule has 0 saturated heterocycles. The van der Waals surface area contributed by atoms with E-state index in [0.717, 1.165) is 35.3 Å². The molecule has 1 saturated carbocycles. The minimum atomic E-state index is -0.165. The average molecular weight is 391 g/mol. The van der Waals surface area contributed by atoms with Crippen molar-refractivity contribution in [2.75, 3.05) is 17.7 Å². The summed E-state index contributed by atoms with van der Waals surface area (Å²) in [6.45, 7) is 0. The van der Waals surface area contributed by atoms with Gasteiger partial charge in [0.25, 0.3) is 0 Å². The highest BCUT2D eigenvalue weighted by atomic mass is 16.5. The van der Waals surface area contributed by atoms with E-state index >= 15 is 0 Å². The van der Waals surface area contributed by atoms with Crippen molar-refractivity contribution in [2.24, 2.45) is 0 Å². The second-order valence-electron chi connectivity index (χ2n) is 7.25. The van der Waals surface area contributed by atoms with Crippen LogP contribution in [-0.4, -0.2) is 29.2 Å². The standard InChI is InChI=1S/C22H25N5O2/c1-29-18-10-7-16(8-11-18)24-21-14-23-20-13-17(9-12-19(20)27-21)26-22(28)25-15-5-3-2-4-6-15/h7-15H,2-6H2,1H3,(H,24,27)(H2,25,26,28). The molecular weight excluding hydrogens is 366 g/mol. The van der Waals surface area contributed by atoms with Crippen molar-refractivity contribution in [1.82, 2.24) is 15.3 Å². The van der Waals surface area contributed by atoms with Gasteiger partial charge in [0.15, 0.2) is 0 Å². The number of amides is 2. The lowest BCUT2D eigenvalue weighted by Crippen LogP contribution is -2.39. The maximum Gasteiger partial charge on any atom is 0.319 e. The number of methoxy groups -OCH3 is 1. The number of nitrogens with zero attached hydrogens (tertiary/aromatic N) is 2. The number of aromatic nitrogens is 2. The maximum absolute atomic E-state index is 12.2. The lowest BCUT2D eigenvalue weighted by atomic mass is 9.96. The molecule has 1 aliphatic rings. The van der Waals surface area contributed by atoms with Crippen LogP contribution >= 0.6 is 0 Å². The smallest absolute Gasteiger partial charge is 0.319 e. The number of hydrogen-bond donors (Lipinski definition) is 3. The Hall–Kier alpha value is -3.35. The Morgan fingerprint density at radius 2 is 1.76 bits per heavy atom. The molecule has 1 aromatic heterocycles. The van der Waals surface area contributed by atoms with Crippen LogP contribution in [0.2, 0.25) is 0 Å². The second kappa shape index (κ2) is 8.77. The van der Waals surface area contributed by atoms with Gasteiger partial charge in [-0.1, -0.05) is 19.3 Å². The van der Waals surface area contributed by atoms with E-state index in [1.54, 1.807) is 13.3 Å². The van der Waals surface area contributed by atoms with Gasteiger partial charge in [0.05, 0.1) is 24.3 Å². The van der Waals surface area contributed by atoms with Crippen molar-refractivity contribution >= 4 is 34.3 Å². The number of carbonyl (C=O) groups excluding carboxylic acids is 1. The molecule has 7 nitrogen and oxygen atoms in total. The van der Waals surface area contributed by atoms with Crippen molar-refractivity contribution in [3.05, 3.63) is 48.7 Å². The molecule has 29 heavy (non-hydrogen) atoms. The van der Waals surface area contributed by atoms with Crippen LogP contribution in [0.5, 0.6) is 5.75 Å². The summed E-state index contributed by atoms with van der Waals surface area (Å²) in [5.41, 5.74) is 3.08. The number of benzene rings is 2. The van der Waals surface area contributed by atoms with Crippen molar-refractivity contribution in [1.29, 1.82) is 0 Å². The number of ether oxygens (including phenoxy) is 1. The summed E-state index contributed by atoms with van der Waals surface area (Å²) in [5.74, 6) is 1.45. The fourth-order valence-corrected chi connectivity index (χ4v) is 3.57. The molecule has 0 unspecified atom stereocenters. The Bertz CT molecular complexity index is 984. The summed E-state index contributed by atoms with van der Waals surface area (Å²) in [6, 6.07) is 13.2. The highest BCUT2D eigenvalue weighted by Gasteiger charge is 2.15. The molecule has 3 aromatic rings. The molecular formula is C22H25N5O2. The van der Waals surface area contributed by atoms with E-state index in [1.165, 1.54) is 19.3 Å². The summed E-state index contributed by atoms with van der Waals surface area (Å²) in [4.78, 5) is 21.3. The molecule has 0 radical (unpaired) electrons. The van der Waals surface area contributed by atoms with Crippen LogP contribution in [0.1, 0.15) is 32.1 Å². The molecule has 1 aliphatic carbocycles. The van der Waals surface area contributed by atoms with Gasteiger partial charge in [-0.25, -0.2) is 9.78 Å². The highest BCUT2D eigenvalue weighted by Crippen LogP contribution is 2.22. The van der Waals surface area contributed by atoms with E-state index in [-0.39, 0.29) is 12.1 Å². The first kappa shape index (κ1) is 19.0. The SMILES string of the molecule is COc1ccc(Nc2cnc3cc(NC(=O)NC4CCCCC4)ccc3n2)cc1. The molecule has 2 amide bonds. The lowest BCUT2D eigenvalue weighted by Gasteiger charge is -2.22. The third-order valence-corrected chi connectivity index (χ3v) is 5.10. The van der Waals surface area contributed by atoms with Gasteiger partial charge in [-0.3, -0.25) is 4.98 Å². The average Bonchev–Trinajstić information content (AvgIpc) is 2.75. The largest absolute Gasteiger partial charge is 0.497 e. The predicted molar refractivity (Wildman–Crippen MR) is 115 cm³/mol. The number of rotatable bonds is 5. The number of fused-ring (bicyclic) bond motifs is 1. The first-order valence-corrected chi connectivity index (χ1v) is 9.95. The number of anilines is 3. The van der Waals surface area contributed by atoms with Gasteiger partial charge in [-0.05, 0) is 55.3 Å². The second-order valence-corrected chi connectivity index (χ2v) is 7.25. The monoisotopic (exact) mass is 391 g/mol. The molecule has 0 bridgehead atoms. The van der Waals surface area contributed by atoms with Crippen LogP contribution in [-0.2, 0) is 0 Å². The zero-order valence-corrected chi connectivity index (χ0v) is 16.4. The molecule has 1 fully saturated rings. The fraction of sp³-hybridized carbons (Fsp3) is 0.318. The first-order valence-electron chi connectivity index (χ1n) is 9.95. The van der Waals surface area contributed by atoms with Gasteiger partial charge in [-0.2, -0.15) is 0 Å². The fourth-order valence-electron chi connectivity index (χ4n) is 3.57. The van der Waals surface area contributed by atoms with Gasteiger partial charge in [0, 0.05) is 17.4 Å². The Kier molecular flexibility index (Phi) is 5.74.